The van der Waals surface area contributed by atoms with Crippen molar-refractivity contribution in [2.45, 2.75) is 19.4 Å². The van der Waals surface area contributed by atoms with Crippen LogP contribution in [0.1, 0.15) is 29.2 Å². The van der Waals surface area contributed by atoms with E-state index in [-0.39, 0.29) is 6.04 Å². The molecule has 1 unspecified atom stereocenters. The average molecular weight is 294 g/mol. The SMILES string of the molecule is CC(N)c1nc(Cc2ccccc2)c(-c2ccccc2)s1. The van der Waals surface area contributed by atoms with Crippen molar-refractivity contribution in [1.82, 2.24) is 4.98 Å². The van der Waals surface area contributed by atoms with E-state index in [1.807, 2.05) is 19.1 Å². The van der Waals surface area contributed by atoms with Gasteiger partial charge in [-0.25, -0.2) is 4.98 Å². The molecule has 1 aromatic heterocycles. The number of nitrogens with two attached hydrogens (primary N) is 1. The normalized spacial score (nSPS) is 12.3. The summed E-state index contributed by atoms with van der Waals surface area (Å²) in [7, 11) is 0. The van der Waals surface area contributed by atoms with Crippen molar-refractivity contribution < 1.29 is 0 Å². The fourth-order valence-corrected chi connectivity index (χ4v) is 3.33. The first-order valence-corrected chi connectivity index (χ1v) is 7.90. The molecule has 1 heterocycles. The van der Waals surface area contributed by atoms with Gasteiger partial charge in [-0.2, -0.15) is 0 Å². The van der Waals surface area contributed by atoms with Crippen LogP contribution in [-0.4, -0.2) is 4.98 Å². The molecule has 0 fully saturated rings. The fourth-order valence-electron chi connectivity index (χ4n) is 2.29. The highest BCUT2D eigenvalue weighted by atomic mass is 32.1. The van der Waals surface area contributed by atoms with E-state index in [2.05, 4.69) is 48.5 Å². The van der Waals surface area contributed by atoms with E-state index in [9.17, 15) is 0 Å². The van der Waals surface area contributed by atoms with Gasteiger partial charge in [-0.1, -0.05) is 60.7 Å². The van der Waals surface area contributed by atoms with Crippen LogP contribution in [0.15, 0.2) is 60.7 Å². The molecule has 0 aliphatic rings. The molecule has 106 valence electrons. The highest BCUT2D eigenvalue weighted by molar-refractivity contribution is 7.15. The molecule has 0 amide bonds. The van der Waals surface area contributed by atoms with Gasteiger partial charge in [-0.3, -0.25) is 0 Å². The molecule has 2 N–H and O–H groups in total. The second-order valence-corrected chi connectivity index (χ2v) is 6.18. The van der Waals surface area contributed by atoms with E-state index in [4.69, 9.17) is 10.7 Å². The Bertz CT molecular complexity index is 703. The zero-order valence-corrected chi connectivity index (χ0v) is 12.8. The summed E-state index contributed by atoms with van der Waals surface area (Å²) in [6, 6.07) is 20.8. The summed E-state index contributed by atoms with van der Waals surface area (Å²) in [4.78, 5) is 6.00. The molecule has 3 rings (SSSR count). The minimum atomic E-state index is -0.0259. The second kappa shape index (κ2) is 6.20. The Morgan fingerprint density at radius 1 is 1.00 bits per heavy atom. The van der Waals surface area contributed by atoms with E-state index >= 15 is 0 Å². The quantitative estimate of drug-likeness (QED) is 0.773. The number of thiazole rings is 1. The van der Waals surface area contributed by atoms with Crippen molar-refractivity contribution in [3.8, 4) is 10.4 Å². The molecule has 1 atom stereocenters. The maximum Gasteiger partial charge on any atom is 0.110 e. The summed E-state index contributed by atoms with van der Waals surface area (Å²) in [6.45, 7) is 1.99. The zero-order chi connectivity index (χ0) is 14.7. The number of aromatic nitrogens is 1. The number of hydrogen-bond donors (Lipinski definition) is 1. The van der Waals surface area contributed by atoms with Crippen LogP contribution in [0.25, 0.3) is 10.4 Å². The van der Waals surface area contributed by atoms with Crippen LogP contribution >= 0.6 is 11.3 Å². The molecule has 0 radical (unpaired) electrons. The molecular weight excluding hydrogens is 276 g/mol. The van der Waals surface area contributed by atoms with E-state index in [1.54, 1.807) is 11.3 Å². The fraction of sp³-hybridized carbons (Fsp3) is 0.167. The van der Waals surface area contributed by atoms with Gasteiger partial charge in [0.25, 0.3) is 0 Å². The van der Waals surface area contributed by atoms with E-state index in [1.165, 1.54) is 16.0 Å². The lowest BCUT2D eigenvalue weighted by Crippen LogP contribution is -2.04. The van der Waals surface area contributed by atoms with Crippen molar-refractivity contribution in [2.75, 3.05) is 0 Å². The van der Waals surface area contributed by atoms with Gasteiger partial charge in [0.1, 0.15) is 5.01 Å². The molecule has 3 aromatic rings. The molecule has 0 bridgehead atoms. The van der Waals surface area contributed by atoms with Crippen molar-refractivity contribution in [2.24, 2.45) is 5.73 Å². The van der Waals surface area contributed by atoms with Gasteiger partial charge < -0.3 is 5.73 Å². The summed E-state index contributed by atoms with van der Waals surface area (Å²) in [5.41, 5.74) is 9.62. The second-order valence-electron chi connectivity index (χ2n) is 5.14. The standard InChI is InChI=1S/C18H18N2S/c1-13(19)18-20-16(12-14-8-4-2-5-9-14)17(21-18)15-10-6-3-7-11-15/h2-11,13H,12,19H2,1H3. The maximum absolute atomic E-state index is 6.02. The van der Waals surface area contributed by atoms with E-state index in [0.717, 1.165) is 17.1 Å². The first kappa shape index (κ1) is 14.0. The molecule has 2 nitrogen and oxygen atoms in total. The Morgan fingerprint density at radius 2 is 1.62 bits per heavy atom. The Labute approximate surface area is 129 Å². The lowest BCUT2D eigenvalue weighted by atomic mass is 10.1. The molecule has 0 saturated heterocycles. The van der Waals surface area contributed by atoms with Gasteiger partial charge in [0.2, 0.25) is 0 Å². The van der Waals surface area contributed by atoms with Crippen LogP contribution in [-0.2, 0) is 6.42 Å². The minimum absolute atomic E-state index is 0.0259. The Balaban J connectivity index is 2.02. The molecular formula is C18H18N2S. The number of benzene rings is 2. The Hall–Kier alpha value is -1.97. The van der Waals surface area contributed by atoms with Crippen LogP contribution in [0.4, 0.5) is 0 Å². The molecule has 0 aliphatic carbocycles. The lowest BCUT2D eigenvalue weighted by molar-refractivity contribution is 0.800. The predicted molar refractivity (Wildman–Crippen MR) is 89.4 cm³/mol. The summed E-state index contributed by atoms with van der Waals surface area (Å²) in [6.07, 6.45) is 0.842. The van der Waals surface area contributed by atoms with Gasteiger partial charge in [0.05, 0.1) is 16.6 Å². The first-order chi connectivity index (χ1) is 10.2. The summed E-state index contributed by atoms with van der Waals surface area (Å²) < 4.78 is 0. The van der Waals surface area contributed by atoms with Crippen LogP contribution in [0.2, 0.25) is 0 Å². The van der Waals surface area contributed by atoms with Crippen LogP contribution in [0.5, 0.6) is 0 Å². The van der Waals surface area contributed by atoms with Gasteiger partial charge in [0, 0.05) is 6.42 Å². The molecule has 21 heavy (non-hydrogen) atoms. The highest BCUT2D eigenvalue weighted by Crippen LogP contribution is 2.33. The van der Waals surface area contributed by atoms with Crippen molar-refractivity contribution in [3.63, 3.8) is 0 Å². The lowest BCUT2D eigenvalue weighted by Gasteiger charge is -2.02. The van der Waals surface area contributed by atoms with Crippen LogP contribution < -0.4 is 5.73 Å². The van der Waals surface area contributed by atoms with Gasteiger partial charge >= 0.3 is 0 Å². The number of hydrogen-bond acceptors (Lipinski definition) is 3. The Morgan fingerprint density at radius 3 is 2.24 bits per heavy atom. The third-order valence-electron chi connectivity index (χ3n) is 3.35. The van der Waals surface area contributed by atoms with Crippen molar-refractivity contribution in [1.29, 1.82) is 0 Å². The Kier molecular flexibility index (Phi) is 4.13. The van der Waals surface area contributed by atoms with Gasteiger partial charge in [0.15, 0.2) is 0 Å². The molecule has 0 saturated carbocycles. The third-order valence-corrected chi connectivity index (χ3v) is 4.70. The number of nitrogens with zero attached hydrogens (tertiary/aromatic N) is 1. The molecule has 2 aromatic carbocycles. The highest BCUT2D eigenvalue weighted by Gasteiger charge is 2.15. The smallest absolute Gasteiger partial charge is 0.110 e. The van der Waals surface area contributed by atoms with Crippen LogP contribution in [0.3, 0.4) is 0 Å². The van der Waals surface area contributed by atoms with Gasteiger partial charge in [-0.05, 0) is 18.1 Å². The summed E-state index contributed by atoms with van der Waals surface area (Å²) >= 11 is 1.70. The maximum atomic E-state index is 6.02. The monoisotopic (exact) mass is 294 g/mol. The summed E-state index contributed by atoms with van der Waals surface area (Å²) in [5, 5.41) is 1.000. The molecule has 0 spiro atoms. The number of rotatable bonds is 4. The topological polar surface area (TPSA) is 38.9 Å². The third kappa shape index (κ3) is 3.20. The van der Waals surface area contributed by atoms with E-state index in [0.29, 0.717) is 0 Å². The zero-order valence-electron chi connectivity index (χ0n) is 12.0. The molecule has 0 aliphatic heterocycles. The van der Waals surface area contributed by atoms with Crippen LogP contribution in [0, 0.1) is 0 Å². The predicted octanol–water partition coefficient (Wildman–Crippen LogP) is 4.42. The van der Waals surface area contributed by atoms with Gasteiger partial charge in [-0.15, -0.1) is 11.3 Å². The van der Waals surface area contributed by atoms with Crippen molar-refractivity contribution in [3.05, 3.63) is 76.9 Å². The average Bonchev–Trinajstić information content (AvgIpc) is 2.93. The first-order valence-electron chi connectivity index (χ1n) is 7.08. The molecule has 3 heteroatoms. The van der Waals surface area contributed by atoms with Crippen molar-refractivity contribution >= 4 is 11.3 Å². The van der Waals surface area contributed by atoms with E-state index < -0.39 is 0 Å². The largest absolute Gasteiger partial charge is 0.322 e. The minimum Gasteiger partial charge on any atom is -0.322 e. The summed E-state index contributed by atoms with van der Waals surface area (Å²) in [5.74, 6) is 0.